The number of hydrogen-bond donors (Lipinski definition) is 2. The standard InChI is InChI=1S/C16H17N3O/c1-3-10-7-11(4-2)18-14(10)8-13-12-5-6-17-9-15(12)19-16(13)20/h5-9,18H,3-4H2,1-2H3,(H,19,20). The number of nitrogens with zero attached hydrogens (tertiary/aromatic N) is 1. The molecule has 0 radical (unpaired) electrons. The Labute approximate surface area is 117 Å². The molecule has 0 aromatic carbocycles. The van der Waals surface area contributed by atoms with Gasteiger partial charge in [-0.25, -0.2) is 0 Å². The van der Waals surface area contributed by atoms with Crippen LogP contribution in [0.3, 0.4) is 0 Å². The van der Waals surface area contributed by atoms with Gasteiger partial charge in [-0.2, -0.15) is 0 Å². The van der Waals surface area contributed by atoms with E-state index in [0.29, 0.717) is 5.57 Å². The molecular formula is C16H17N3O. The average molecular weight is 267 g/mol. The molecule has 2 aromatic heterocycles. The summed E-state index contributed by atoms with van der Waals surface area (Å²) in [6.45, 7) is 4.24. The first-order chi connectivity index (χ1) is 9.72. The lowest BCUT2D eigenvalue weighted by Gasteiger charge is -1.99. The molecule has 20 heavy (non-hydrogen) atoms. The van der Waals surface area contributed by atoms with Crippen molar-refractivity contribution in [2.75, 3.05) is 5.32 Å². The number of H-pyrrole nitrogens is 1. The summed E-state index contributed by atoms with van der Waals surface area (Å²) in [6.07, 6.45) is 7.24. The summed E-state index contributed by atoms with van der Waals surface area (Å²) in [5.41, 5.74) is 5.86. The van der Waals surface area contributed by atoms with E-state index in [1.165, 1.54) is 11.3 Å². The van der Waals surface area contributed by atoms with Gasteiger partial charge in [-0.05, 0) is 36.6 Å². The number of hydrogen-bond acceptors (Lipinski definition) is 2. The Morgan fingerprint density at radius 1 is 1.30 bits per heavy atom. The van der Waals surface area contributed by atoms with Gasteiger partial charge in [0.2, 0.25) is 0 Å². The average Bonchev–Trinajstić information content (AvgIpc) is 3.01. The Hall–Kier alpha value is -2.36. The Balaban J connectivity index is 2.08. The van der Waals surface area contributed by atoms with E-state index in [0.717, 1.165) is 29.8 Å². The minimum atomic E-state index is -0.0669. The minimum absolute atomic E-state index is 0.0669. The third-order valence-corrected chi connectivity index (χ3v) is 3.64. The third kappa shape index (κ3) is 2.03. The van der Waals surface area contributed by atoms with Gasteiger partial charge in [-0.15, -0.1) is 0 Å². The summed E-state index contributed by atoms with van der Waals surface area (Å²) >= 11 is 0. The number of aromatic amines is 1. The Kier molecular flexibility index (Phi) is 3.14. The highest BCUT2D eigenvalue weighted by atomic mass is 16.2. The summed E-state index contributed by atoms with van der Waals surface area (Å²) < 4.78 is 0. The summed E-state index contributed by atoms with van der Waals surface area (Å²) in [6, 6.07) is 4.04. The van der Waals surface area contributed by atoms with Gasteiger partial charge in [-0.3, -0.25) is 9.78 Å². The molecule has 2 N–H and O–H groups in total. The highest BCUT2D eigenvalue weighted by Crippen LogP contribution is 2.32. The van der Waals surface area contributed by atoms with Crippen molar-refractivity contribution < 1.29 is 4.79 Å². The number of aryl methyl sites for hydroxylation is 2. The van der Waals surface area contributed by atoms with Crippen molar-refractivity contribution in [3.63, 3.8) is 0 Å². The van der Waals surface area contributed by atoms with Crippen molar-refractivity contribution in [1.82, 2.24) is 9.97 Å². The number of carbonyl (C=O) groups excluding carboxylic acids is 1. The number of pyridine rings is 1. The van der Waals surface area contributed by atoms with Crippen molar-refractivity contribution >= 4 is 23.2 Å². The molecule has 0 unspecified atom stereocenters. The van der Waals surface area contributed by atoms with Gasteiger partial charge < -0.3 is 10.3 Å². The van der Waals surface area contributed by atoms with Crippen LogP contribution in [-0.2, 0) is 17.6 Å². The zero-order chi connectivity index (χ0) is 14.1. The maximum atomic E-state index is 12.1. The molecule has 1 aliphatic rings. The number of nitrogens with one attached hydrogen (secondary N) is 2. The smallest absolute Gasteiger partial charge is 0.256 e. The lowest BCUT2D eigenvalue weighted by molar-refractivity contribution is -0.110. The van der Waals surface area contributed by atoms with E-state index in [1.54, 1.807) is 12.4 Å². The molecule has 0 saturated heterocycles. The number of aromatic nitrogens is 2. The second-order valence-corrected chi connectivity index (χ2v) is 4.87. The molecule has 1 aliphatic heterocycles. The molecule has 3 rings (SSSR count). The van der Waals surface area contributed by atoms with E-state index in [-0.39, 0.29) is 5.91 Å². The van der Waals surface area contributed by atoms with Crippen molar-refractivity contribution in [3.8, 4) is 0 Å². The van der Waals surface area contributed by atoms with Gasteiger partial charge in [-0.1, -0.05) is 13.8 Å². The second-order valence-electron chi connectivity index (χ2n) is 4.87. The van der Waals surface area contributed by atoms with Gasteiger partial charge in [0.1, 0.15) is 0 Å². The van der Waals surface area contributed by atoms with Crippen LogP contribution in [0.2, 0.25) is 0 Å². The molecule has 0 bridgehead atoms. The third-order valence-electron chi connectivity index (χ3n) is 3.64. The van der Waals surface area contributed by atoms with E-state index in [4.69, 9.17) is 0 Å². The van der Waals surface area contributed by atoms with Crippen LogP contribution in [0.4, 0.5) is 5.69 Å². The summed E-state index contributed by atoms with van der Waals surface area (Å²) in [4.78, 5) is 19.5. The first-order valence-corrected chi connectivity index (χ1v) is 6.91. The van der Waals surface area contributed by atoms with Gasteiger partial charge in [0.25, 0.3) is 5.91 Å². The zero-order valence-electron chi connectivity index (χ0n) is 11.7. The van der Waals surface area contributed by atoms with E-state index >= 15 is 0 Å². The van der Waals surface area contributed by atoms with Crippen LogP contribution in [0, 0.1) is 0 Å². The maximum Gasteiger partial charge on any atom is 0.256 e. The van der Waals surface area contributed by atoms with Crippen LogP contribution in [0.5, 0.6) is 0 Å². The van der Waals surface area contributed by atoms with Crippen LogP contribution >= 0.6 is 0 Å². The lowest BCUT2D eigenvalue weighted by Crippen LogP contribution is -2.03. The van der Waals surface area contributed by atoms with Crippen molar-refractivity contribution in [1.29, 1.82) is 0 Å². The van der Waals surface area contributed by atoms with Gasteiger partial charge in [0.15, 0.2) is 0 Å². The predicted octanol–water partition coefficient (Wildman–Crippen LogP) is 3.03. The van der Waals surface area contributed by atoms with E-state index in [9.17, 15) is 4.79 Å². The molecule has 1 amide bonds. The highest BCUT2D eigenvalue weighted by molar-refractivity contribution is 6.34. The van der Waals surface area contributed by atoms with E-state index in [2.05, 4.69) is 35.2 Å². The normalized spacial score (nSPS) is 15.5. The second kappa shape index (κ2) is 4.96. The van der Waals surface area contributed by atoms with Gasteiger partial charge in [0, 0.05) is 23.1 Å². The van der Waals surface area contributed by atoms with Crippen LogP contribution in [0.15, 0.2) is 24.5 Å². The number of fused-ring (bicyclic) bond motifs is 1. The number of anilines is 1. The largest absolute Gasteiger partial charge is 0.359 e. The van der Waals surface area contributed by atoms with Crippen molar-refractivity contribution in [3.05, 3.63) is 47.0 Å². The van der Waals surface area contributed by atoms with Crippen LogP contribution < -0.4 is 5.32 Å². The fourth-order valence-corrected chi connectivity index (χ4v) is 2.52. The number of carbonyl (C=O) groups is 1. The summed E-state index contributed by atoms with van der Waals surface area (Å²) in [5, 5.41) is 2.84. The Morgan fingerprint density at radius 2 is 2.15 bits per heavy atom. The van der Waals surface area contributed by atoms with Gasteiger partial charge >= 0.3 is 0 Å². The minimum Gasteiger partial charge on any atom is -0.359 e. The predicted molar refractivity (Wildman–Crippen MR) is 80.3 cm³/mol. The molecule has 0 spiro atoms. The molecule has 4 nitrogen and oxygen atoms in total. The van der Waals surface area contributed by atoms with Crippen molar-refractivity contribution in [2.24, 2.45) is 0 Å². The fraction of sp³-hybridized carbons (Fsp3) is 0.250. The first-order valence-electron chi connectivity index (χ1n) is 6.91. The van der Waals surface area contributed by atoms with Crippen LogP contribution in [-0.4, -0.2) is 15.9 Å². The summed E-state index contributed by atoms with van der Waals surface area (Å²) in [7, 11) is 0. The molecule has 0 saturated carbocycles. The fourth-order valence-electron chi connectivity index (χ4n) is 2.52. The van der Waals surface area contributed by atoms with Crippen LogP contribution in [0.25, 0.3) is 11.6 Å². The van der Waals surface area contributed by atoms with Gasteiger partial charge in [0.05, 0.1) is 17.5 Å². The van der Waals surface area contributed by atoms with Crippen LogP contribution in [0.1, 0.15) is 36.4 Å². The zero-order valence-corrected chi connectivity index (χ0v) is 11.7. The lowest BCUT2D eigenvalue weighted by atomic mass is 10.1. The quantitative estimate of drug-likeness (QED) is 0.840. The first kappa shape index (κ1) is 12.7. The number of rotatable bonds is 3. The molecule has 102 valence electrons. The van der Waals surface area contributed by atoms with E-state index in [1.807, 2.05) is 12.1 Å². The molecule has 3 heterocycles. The molecule has 4 heteroatoms. The summed E-state index contributed by atoms with van der Waals surface area (Å²) in [5.74, 6) is -0.0669. The molecular weight excluding hydrogens is 250 g/mol. The Morgan fingerprint density at radius 3 is 2.90 bits per heavy atom. The molecule has 0 aliphatic carbocycles. The maximum absolute atomic E-state index is 12.1. The highest BCUT2D eigenvalue weighted by Gasteiger charge is 2.24. The topological polar surface area (TPSA) is 57.8 Å². The molecule has 0 atom stereocenters. The Bertz CT molecular complexity index is 697. The van der Waals surface area contributed by atoms with E-state index < -0.39 is 0 Å². The number of amides is 1. The van der Waals surface area contributed by atoms with Crippen molar-refractivity contribution in [2.45, 2.75) is 26.7 Å². The molecule has 2 aromatic rings. The SMILES string of the molecule is CCc1cc(CC)c(C=C2C(=O)Nc3cnccc32)[nH]1. The monoisotopic (exact) mass is 267 g/mol. The molecule has 0 fully saturated rings.